The number of alkyl halides is 2. The minimum absolute atomic E-state index is 0.0424. The highest BCUT2D eigenvalue weighted by Crippen LogP contribution is 2.85. The zero-order chi connectivity index (χ0) is 24.2. The molecule has 0 saturated heterocycles. The van der Waals surface area contributed by atoms with Gasteiger partial charge in [0, 0.05) is 24.5 Å². The monoisotopic (exact) mass is 506 g/mol. The first kappa shape index (κ1) is 27.3. The smallest absolute Gasteiger partial charge is 0.192 e. The predicted octanol–water partition coefficient (Wildman–Crippen LogP) is 8.34. The summed E-state index contributed by atoms with van der Waals surface area (Å²) in [5, 5.41) is 0.236. The molecule has 3 fully saturated rings. The third-order valence-corrected chi connectivity index (χ3v) is 15.7. The van der Waals surface area contributed by atoms with Crippen molar-refractivity contribution in [1.82, 2.24) is 0 Å². The molecule has 0 unspecified atom stereocenters. The van der Waals surface area contributed by atoms with E-state index in [-0.39, 0.29) is 21.5 Å². The van der Waals surface area contributed by atoms with Crippen LogP contribution in [0.2, 0.25) is 18.1 Å². The first-order valence-electron chi connectivity index (χ1n) is 12.7. The van der Waals surface area contributed by atoms with Crippen LogP contribution in [0.3, 0.4) is 0 Å². The van der Waals surface area contributed by atoms with Crippen molar-refractivity contribution in [2.24, 2.45) is 22.7 Å². The Balaban J connectivity index is 1.71. The fraction of sp³-hybridized carbons (Fsp3) is 1.00. The summed E-state index contributed by atoms with van der Waals surface area (Å²) in [7, 11) is -0.138. The van der Waals surface area contributed by atoms with Gasteiger partial charge in [0.15, 0.2) is 8.32 Å². The Labute approximate surface area is 208 Å². The number of methoxy groups -OCH3 is 1. The van der Waals surface area contributed by atoms with Gasteiger partial charge >= 0.3 is 0 Å². The van der Waals surface area contributed by atoms with Gasteiger partial charge < -0.3 is 13.9 Å². The molecule has 0 aromatic carbocycles. The van der Waals surface area contributed by atoms with E-state index in [2.05, 4.69) is 54.6 Å². The first-order chi connectivity index (χ1) is 14.6. The minimum Gasteiger partial charge on any atom is -0.414 e. The average molecular weight is 508 g/mol. The molecule has 1 spiro atoms. The zero-order valence-electron chi connectivity index (χ0n) is 22.1. The standard InChI is InChI=1S/C26H48Cl2O3Si/c1-22(2,3)32(8,9)31-20-12-10-16-24(6)19(20)14-17-25(24)21(26(25,27)28)13-11-15-23(4,5)30-18-29-7/h19-21H,10-18H2,1-9H3/t19-,20-,21+,24-,25+/m0/s1. The van der Waals surface area contributed by atoms with Crippen LogP contribution < -0.4 is 0 Å². The van der Waals surface area contributed by atoms with Gasteiger partial charge in [0.2, 0.25) is 0 Å². The van der Waals surface area contributed by atoms with Crippen molar-refractivity contribution >= 4 is 31.5 Å². The molecular weight excluding hydrogens is 459 g/mol. The summed E-state index contributed by atoms with van der Waals surface area (Å²) in [4.78, 5) is 0. The van der Waals surface area contributed by atoms with Crippen molar-refractivity contribution in [1.29, 1.82) is 0 Å². The predicted molar refractivity (Wildman–Crippen MR) is 138 cm³/mol. The SMILES string of the molecule is COCOC(C)(C)CCC[C@H]1C(Cl)(Cl)[C@]12CC[C@H]1[C@@H](O[Si](C)(C)C(C)(C)C)CCC[C@@]12C. The normalized spacial score (nSPS) is 37.0. The van der Waals surface area contributed by atoms with Crippen LogP contribution in [0.5, 0.6) is 0 Å². The molecule has 0 bridgehead atoms. The van der Waals surface area contributed by atoms with Gasteiger partial charge in [0.1, 0.15) is 11.1 Å². The quantitative estimate of drug-likeness (QED) is 0.178. The fourth-order valence-electron chi connectivity index (χ4n) is 6.99. The number of halogens is 2. The first-order valence-corrected chi connectivity index (χ1v) is 16.4. The largest absolute Gasteiger partial charge is 0.414 e. The lowest BCUT2D eigenvalue weighted by atomic mass is 9.62. The van der Waals surface area contributed by atoms with Crippen molar-refractivity contribution in [3.05, 3.63) is 0 Å². The maximum absolute atomic E-state index is 7.15. The van der Waals surface area contributed by atoms with Crippen LogP contribution in [0.1, 0.15) is 92.9 Å². The van der Waals surface area contributed by atoms with E-state index >= 15 is 0 Å². The van der Waals surface area contributed by atoms with Gasteiger partial charge in [-0.05, 0) is 81.8 Å². The Hall–Kier alpha value is 0.677. The Morgan fingerprint density at radius 1 is 1.03 bits per heavy atom. The highest BCUT2D eigenvalue weighted by atomic mass is 35.5. The summed E-state index contributed by atoms with van der Waals surface area (Å²) in [5.74, 6) is 0.951. The van der Waals surface area contributed by atoms with Crippen LogP contribution in [0.4, 0.5) is 0 Å². The maximum atomic E-state index is 7.15. The molecule has 32 heavy (non-hydrogen) atoms. The lowest BCUT2D eigenvalue weighted by molar-refractivity contribution is -0.118. The van der Waals surface area contributed by atoms with E-state index in [0.29, 0.717) is 24.7 Å². The van der Waals surface area contributed by atoms with Gasteiger partial charge in [-0.1, -0.05) is 40.5 Å². The summed E-state index contributed by atoms with van der Waals surface area (Å²) in [6.45, 7) is 18.9. The minimum atomic E-state index is -1.81. The van der Waals surface area contributed by atoms with Gasteiger partial charge in [-0.3, -0.25) is 0 Å². The van der Waals surface area contributed by atoms with Crippen LogP contribution in [0.15, 0.2) is 0 Å². The summed E-state index contributed by atoms with van der Waals surface area (Å²) in [5.41, 5.74) is 0.0314. The molecule has 3 saturated carbocycles. The lowest BCUT2D eigenvalue weighted by Gasteiger charge is -2.49. The van der Waals surface area contributed by atoms with Crippen molar-refractivity contribution in [3.63, 3.8) is 0 Å². The molecule has 0 radical (unpaired) electrons. The van der Waals surface area contributed by atoms with Gasteiger partial charge in [-0.2, -0.15) is 0 Å². The summed E-state index contributed by atoms with van der Waals surface area (Å²) >= 11 is 14.3. The molecule has 0 aromatic heterocycles. The van der Waals surface area contributed by atoms with E-state index in [0.717, 1.165) is 25.7 Å². The maximum Gasteiger partial charge on any atom is 0.192 e. The molecule has 0 aromatic rings. The molecular formula is C26H48Cl2O3Si. The van der Waals surface area contributed by atoms with Gasteiger partial charge in [-0.15, -0.1) is 23.2 Å². The Morgan fingerprint density at radius 3 is 2.28 bits per heavy atom. The lowest BCUT2D eigenvalue weighted by Crippen LogP contribution is -2.50. The second-order valence-electron chi connectivity index (χ2n) is 13.2. The van der Waals surface area contributed by atoms with Crippen molar-refractivity contribution in [3.8, 4) is 0 Å². The Kier molecular flexibility index (Phi) is 7.64. The summed E-state index contributed by atoms with van der Waals surface area (Å²) in [6.07, 6.45) is 9.50. The van der Waals surface area contributed by atoms with Crippen molar-refractivity contribution in [2.75, 3.05) is 13.9 Å². The van der Waals surface area contributed by atoms with Crippen molar-refractivity contribution < 1.29 is 13.9 Å². The molecule has 5 atom stereocenters. The summed E-state index contributed by atoms with van der Waals surface area (Å²) < 4.78 is 17.4. The van der Waals surface area contributed by atoms with E-state index in [9.17, 15) is 0 Å². The number of hydrogen-bond acceptors (Lipinski definition) is 3. The third kappa shape index (κ3) is 4.48. The number of fused-ring (bicyclic) bond motifs is 2. The molecule has 6 heteroatoms. The van der Waals surface area contributed by atoms with E-state index in [1.54, 1.807) is 7.11 Å². The molecule has 3 aliphatic carbocycles. The number of hydrogen-bond donors (Lipinski definition) is 0. The van der Waals surface area contributed by atoms with E-state index < -0.39 is 12.7 Å². The Bertz CT molecular complexity index is 674. The molecule has 3 rings (SSSR count). The van der Waals surface area contributed by atoms with Crippen LogP contribution in [0.25, 0.3) is 0 Å². The van der Waals surface area contributed by atoms with Crippen LogP contribution >= 0.6 is 23.2 Å². The zero-order valence-corrected chi connectivity index (χ0v) is 24.6. The number of ether oxygens (including phenoxy) is 2. The van der Waals surface area contributed by atoms with Gasteiger partial charge in [0.05, 0.1) is 5.60 Å². The number of rotatable bonds is 9. The molecule has 188 valence electrons. The molecule has 0 aliphatic heterocycles. The van der Waals surface area contributed by atoms with Crippen LogP contribution in [0, 0.1) is 22.7 Å². The van der Waals surface area contributed by atoms with E-state index in [4.69, 9.17) is 37.1 Å². The second-order valence-corrected chi connectivity index (χ2v) is 19.4. The van der Waals surface area contributed by atoms with Crippen LogP contribution in [-0.4, -0.2) is 38.3 Å². The van der Waals surface area contributed by atoms with E-state index in [1.165, 1.54) is 25.7 Å². The highest BCUT2D eigenvalue weighted by molar-refractivity contribution is 6.74. The topological polar surface area (TPSA) is 27.7 Å². The molecule has 3 aliphatic rings. The van der Waals surface area contributed by atoms with Crippen LogP contribution in [-0.2, 0) is 13.9 Å². The Morgan fingerprint density at radius 2 is 1.69 bits per heavy atom. The van der Waals surface area contributed by atoms with Crippen molar-refractivity contribution in [2.45, 2.75) is 127 Å². The molecule has 0 heterocycles. The van der Waals surface area contributed by atoms with Gasteiger partial charge in [0.25, 0.3) is 0 Å². The second kappa shape index (κ2) is 8.96. The van der Waals surface area contributed by atoms with Gasteiger partial charge in [-0.25, -0.2) is 0 Å². The molecule has 3 nitrogen and oxygen atoms in total. The highest BCUT2D eigenvalue weighted by Gasteiger charge is 2.84. The third-order valence-electron chi connectivity index (χ3n) is 9.96. The fourth-order valence-corrected chi connectivity index (χ4v) is 9.75. The summed E-state index contributed by atoms with van der Waals surface area (Å²) in [6, 6.07) is 0. The molecule has 0 amide bonds. The average Bonchev–Trinajstić information content (AvgIpc) is 2.96. The molecule has 0 N–H and O–H groups in total. The van der Waals surface area contributed by atoms with E-state index in [1.807, 2.05) is 0 Å².